The van der Waals surface area contributed by atoms with Crippen LogP contribution in [0.3, 0.4) is 0 Å². The number of benzene rings is 2. The van der Waals surface area contributed by atoms with Crippen molar-refractivity contribution in [3.05, 3.63) is 58.6 Å². The van der Waals surface area contributed by atoms with Crippen LogP contribution in [-0.2, 0) is 0 Å². The van der Waals surface area contributed by atoms with E-state index in [2.05, 4.69) is 0 Å². The molecule has 0 fully saturated rings. The van der Waals surface area contributed by atoms with Gasteiger partial charge in [-0.2, -0.15) is 0 Å². The Morgan fingerprint density at radius 1 is 1.22 bits per heavy atom. The van der Waals surface area contributed by atoms with Crippen molar-refractivity contribution in [1.29, 1.82) is 0 Å². The number of hydrogen-bond acceptors (Lipinski definition) is 2. The Hall–Kier alpha value is -2.00. The molecule has 0 bridgehead atoms. The first kappa shape index (κ1) is 12.5. The van der Waals surface area contributed by atoms with E-state index in [1.54, 1.807) is 24.3 Å². The average Bonchev–Trinajstić information content (AvgIpc) is 2.34. The summed E-state index contributed by atoms with van der Waals surface area (Å²) in [6.07, 6.45) is 0. The first-order chi connectivity index (χ1) is 8.56. The first-order valence-electron chi connectivity index (χ1n) is 5.33. The summed E-state index contributed by atoms with van der Waals surface area (Å²) < 4.78 is 5.59. The van der Waals surface area contributed by atoms with Crippen molar-refractivity contribution < 1.29 is 14.6 Å². The van der Waals surface area contributed by atoms with Crippen LogP contribution < -0.4 is 4.74 Å². The fourth-order valence-corrected chi connectivity index (χ4v) is 1.66. The first-order valence-corrected chi connectivity index (χ1v) is 5.71. The molecule has 2 rings (SSSR count). The Morgan fingerprint density at radius 3 is 2.72 bits per heavy atom. The zero-order valence-corrected chi connectivity index (χ0v) is 10.4. The minimum atomic E-state index is -0.990. The van der Waals surface area contributed by atoms with Gasteiger partial charge in [0.25, 0.3) is 0 Å². The maximum Gasteiger partial charge on any atom is 0.335 e. The van der Waals surface area contributed by atoms with Crippen molar-refractivity contribution in [2.45, 2.75) is 6.92 Å². The molecule has 2 aromatic carbocycles. The Balaban J connectivity index is 2.31. The lowest BCUT2D eigenvalue weighted by molar-refractivity contribution is 0.0696. The molecule has 18 heavy (non-hydrogen) atoms. The van der Waals surface area contributed by atoms with Crippen LogP contribution >= 0.6 is 11.6 Å². The number of carboxylic acid groups (broad SMARTS) is 1. The minimum Gasteiger partial charge on any atom is -0.478 e. The predicted molar refractivity (Wildman–Crippen MR) is 69.7 cm³/mol. The van der Waals surface area contributed by atoms with Gasteiger partial charge in [-0.3, -0.25) is 0 Å². The summed E-state index contributed by atoms with van der Waals surface area (Å²) in [5.41, 5.74) is 1.19. The molecule has 2 aromatic rings. The number of rotatable bonds is 3. The van der Waals surface area contributed by atoms with Crippen molar-refractivity contribution in [3.63, 3.8) is 0 Å². The minimum absolute atomic E-state index is 0.177. The van der Waals surface area contributed by atoms with Gasteiger partial charge in [0.05, 0.1) is 10.6 Å². The third-order valence-electron chi connectivity index (χ3n) is 2.40. The molecule has 0 aliphatic heterocycles. The summed E-state index contributed by atoms with van der Waals surface area (Å²) >= 11 is 6.01. The second-order valence-corrected chi connectivity index (χ2v) is 4.28. The molecule has 0 aliphatic rings. The molecule has 0 unspecified atom stereocenters. The van der Waals surface area contributed by atoms with Crippen LogP contribution in [0.25, 0.3) is 0 Å². The monoisotopic (exact) mass is 262 g/mol. The molecule has 0 amide bonds. The third kappa shape index (κ3) is 2.81. The number of halogens is 1. The van der Waals surface area contributed by atoms with Gasteiger partial charge in [0.2, 0.25) is 0 Å². The molecule has 0 atom stereocenters. The van der Waals surface area contributed by atoms with E-state index >= 15 is 0 Å². The number of ether oxygens (including phenoxy) is 1. The largest absolute Gasteiger partial charge is 0.478 e. The highest BCUT2D eigenvalue weighted by Crippen LogP contribution is 2.30. The van der Waals surface area contributed by atoms with E-state index in [0.29, 0.717) is 16.5 Å². The molecule has 1 N–H and O–H groups in total. The average molecular weight is 263 g/mol. The summed E-state index contributed by atoms with van der Waals surface area (Å²) in [6.45, 7) is 1.93. The van der Waals surface area contributed by atoms with Crippen LogP contribution in [0.5, 0.6) is 11.5 Å². The van der Waals surface area contributed by atoms with Crippen LogP contribution in [0.15, 0.2) is 42.5 Å². The molecule has 0 saturated heterocycles. The van der Waals surface area contributed by atoms with E-state index in [1.165, 1.54) is 12.1 Å². The summed E-state index contributed by atoms with van der Waals surface area (Å²) in [6, 6.07) is 11.7. The van der Waals surface area contributed by atoms with Crippen molar-refractivity contribution in [1.82, 2.24) is 0 Å². The van der Waals surface area contributed by atoms with Gasteiger partial charge < -0.3 is 9.84 Å². The van der Waals surface area contributed by atoms with Crippen molar-refractivity contribution in [2.24, 2.45) is 0 Å². The Kier molecular flexibility index (Phi) is 3.53. The molecule has 0 spiro atoms. The normalized spacial score (nSPS) is 10.1. The zero-order valence-electron chi connectivity index (χ0n) is 9.68. The molecule has 0 radical (unpaired) electrons. The Labute approximate surface area is 110 Å². The van der Waals surface area contributed by atoms with Gasteiger partial charge in [-0.1, -0.05) is 23.7 Å². The standard InChI is InChI=1S/C14H11ClO3/c1-9-5-6-12(15)13(7-9)18-11-4-2-3-10(8-11)14(16)17/h2-8H,1H3,(H,16,17). The van der Waals surface area contributed by atoms with Gasteiger partial charge in [0.15, 0.2) is 0 Å². The van der Waals surface area contributed by atoms with Crippen LogP contribution in [0.4, 0.5) is 0 Å². The van der Waals surface area contributed by atoms with Crippen molar-refractivity contribution >= 4 is 17.6 Å². The predicted octanol–water partition coefficient (Wildman–Crippen LogP) is 4.14. The molecular formula is C14H11ClO3. The van der Waals surface area contributed by atoms with E-state index in [0.717, 1.165) is 5.56 Å². The second-order valence-electron chi connectivity index (χ2n) is 3.87. The van der Waals surface area contributed by atoms with Crippen molar-refractivity contribution in [2.75, 3.05) is 0 Å². The topological polar surface area (TPSA) is 46.5 Å². The summed E-state index contributed by atoms with van der Waals surface area (Å²) in [4.78, 5) is 10.8. The number of aryl methyl sites for hydroxylation is 1. The van der Waals surface area contributed by atoms with Gasteiger partial charge in [0, 0.05) is 0 Å². The van der Waals surface area contributed by atoms with E-state index in [-0.39, 0.29) is 5.56 Å². The smallest absolute Gasteiger partial charge is 0.335 e. The quantitative estimate of drug-likeness (QED) is 0.904. The lowest BCUT2D eigenvalue weighted by Gasteiger charge is -2.08. The number of aromatic carboxylic acids is 1. The lowest BCUT2D eigenvalue weighted by atomic mass is 10.2. The molecule has 0 heterocycles. The van der Waals surface area contributed by atoms with Gasteiger partial charge in [-0.05, 0) is 42.8 Å². The highest BCUT2D eigenvalue weighted by Gasteiger charge is 2.07. The van der Waals surface area contributed by atoms with Crippen LogP contribution in [0.1, 0.15) is 15.9 Å². The second kappa shape index (κ2) is 5.10. The number of hydrogen-bond donors (Lipinski definition) is 1. The van der Waals surface area contributed by atoms with Crippen LogP contribution in [0.2, 0.25) is 5.02 Å². The lowest BCUT2D eigenvalue weighted by Crippen LogP contribution is -1.96. The molecule has 0 aromatic heterocycles. The molecule has 92 valence electrons. The van der Waals surface area contributed by atoms with E-state index in [9.17, 15) is 4.79 Å². The zero-order chi connectivity index (χ0) is 13.1. The van der Waals surface area contributed by atoms with Crippen LogP contribution in [-0.4, -0.2) is 11.1 Å². The van der Waals surface area contributed by atoms with E-state index in [1.807, 2.05) is 13.0 Å². The Bertz CT molecular complexity index is 593. The van der Waals surface area contributed by atoms with Gasteiger partial charge >= 0.3 is 5.97 Å². The van der Waals surface area contributed by atoms with Crippen molar-refractivity contribution in [3.8, 4) is 11.5 Å². The molecule has 3 nitrogen and oxygen atoms in total. The fourth-order valence-electron chi connectivity index (χ4n) is 1.51. The number of carboxylic acids is 1. The fraction of sp³-hybridized carbons (Fsp3) is 0.0714. The maximum absolute atomic E-state index is 10.8. The van der Waals surface area contributed by atoms with E-state index in [4.69, 9.17) is 21.4 Å². The SMILES string of the molecule is Cc1ccc(Cl)c(Oc2cccc(C(=O)O)c2)c1. The van der Waals surface area contributed by atoms with Gasteiger partial charge in [0.1, 0.15) is 11.5 Å². The summed E-state index contributed by atoms with van der Waals surface area (Å²) in [5, 5.41) is 9.38. The number of carbonyl (C=O) groups is 1. The molecule has 0 aliphatic carbocycles. The third-order valence-corrected chi connectivity index (χ3v) is 2.71. The van der Waals surface area contributed by atoms with Gasteiger partial charge in [-0.15, -0.1) is 0 Å². The molecule has 4 heteroatoms. The van der Waals surface area contributed by atoms with Gasteiger partial charge in [-0.25, -0.2) is 4.79 Å². The highest BCUT2D eigenvalue weighted by atomic mass is 35.5. The summed E-state index contributed by atoms with van der Waals surface area (Å²) in [7, 11) is 0. The Morgan fingerprint density at radius 2 is 2.00 bits per heavy atom. The van der Waals surface area contributed by atoms with E-state index < -0.39 is 5.97 Å². The van der Waals surface area contributed by atoms with Crippen LogP contribution in [0, 0.1) is 6.92 Å². The molecular weight excluding hydrogens is 252 g/mol. The summed E-state index contributed by atoms with van der Waals surface area (Å²) in [5.74, 6) is -0.0302. The maximum atomic E-state index is 10.8. The molecule has 0 saturated carbocycles. The highest BCUT2D eigenvalue weighted by molar-refractivity contribution is 6.32.